The van der Waals surface area contributed by atoms with Crippen LogP contribution < -0.4 is 5.32 Å². The summed E-state index contributed by atoms with van der Waals surface area (Å²) < 4.78 is 1.78. The molecule has 1 amide bonds. The summed E-state index contributed by atoms with van der Waals surface area (Å²) in [5.74, 6) is 0.871. The van der Waals surface area contributed by atoms with Crippen LogP contribution in [0.4, 0.5) is 5.82 Å². The van der Waals surface area contributed by atoms with Gasteiger partial charge in [0.15, 0.2) is 6.10 Å². The van der Waals surface area contributed by atoms with Crippen LogP contribution in [0.3, 0.4) is 0 Å². The molecule has 5 nitrogen and oxygen atoms in total. The number of amides is 1. The van der Waals surface area contributed by atoms with Gasteiger partial charge in [0.05, 0.1) is 6.20 Å². The lowest BCUT2D eigenvalue weighted by Gasteiger charge is -2.12. The van der Waals surface area contributed by atoms with E-state index in [1.807, 2.05) is 6.07 Å². The summed E-state index contributed by atoms with van der Waals surface area (Å²) in [5.41, 5.74) is 0.582. The number of nitrogens with zero attached hydrogens (tertiary/aromatic N) is 2. The molecule has 1 aromatic heterocycles. The number of carbonyl (C=O) groups excluding carboxylic acids is 1. The second kappa shape index (κ2) is 5.46. The summed E-state index contributed by atoms with van der Waals surface area (Å²) in [6.07, 6.45) is 2.94. The molecular weight excluding hydrogens is 254 g/mol. The van der Waals surface area contributed by atoms with Gasteiger partial charge in [-0.15, -0.1) is 0 Å². The van der Waals surface area contributed by atoms with Gasteiger partial charge in [0.1, 0.15) is 5.82 Å². The fourth-order valence-electron chi connectivity index (χ4n) is 2.11. The monoisotopic (exact) mass is 271 g/mol. The molecule has 0 radical (unpaired) electrons. The minimum absolute atomic E-state index is 0.436. The maximum Gasteiger partial charge on any atom is 0.258 e. The van der Waals surface area contributed by atoms with Crippen molar-refractivity contribution in [1.82, 2.24) is 9.78 Å². The zero-order chi connectivity index (χ0) is 13.9. The van der Waals surface area contributed by atoms with Crippen molar-refractivity contribution in [3.05, 3.63) is 48.2 Å². The van der Waals surface area contributed by atoms with Crippen molar-refractivity contribution in [2.45, 2.75) is 25.5 Å². The molecule has 0 spiro atoms. The summed E-state index contributed by atoms with van der Waals surface area (Å²) in [5, 5.41) is 17.0. The number of hydrogen-bond acceptors (Lipinski definition) is 3. The van der Waals surface area contributed by atoms with Crippen molar-refractivity contribution in [2.75, 3.05) is 5.32 Å². The first kappa shape index (κ1) is 12.9. The van der Waals surface area contributed by atoms with Gasteiger partial charge in [-0.3, -0.25) is 4.79 Å². The first-order valence-corrected chi connectivity index (χ1v) is 6.80. The van der Waals surface area contributed by atoms with Crippen molar-refractivity contribution in [1.29, 1.82) is 0 Å². The number of hydrogen-bond donors (Lipinski definition) is 2. The Bertz CT molecular complexity index is 590. The molecule has 2 aromatic rings. The minimum atomic E-state index is -1.17. The average Bonchev–Trinajstić information content (AvgIpc) is 3.19. The van der Waals surface area contributed by atoms with Crippen LogP contribution in [0, 0.1) is 5.92 Å². The van der Waals surface area contributed by atoms with Crippen molar-refractivity contribution in [3.8, 4) is 0 Å². The van der Waals surface area contributed by atoms with Gasteiger partial charge >= 0.3 is 0 Å². The molecule has 1 heterocycles. The molecule has 1 atom stereocenters. The van der Waals surface area contributed by atoms with Gasteiger partial charge in [0, 0.05) is 12.6 Å². The summed E-state index contributed by atoms with van der Waals surface area (Å²) in [4.78, 5) is 12.1. The molecule has 1 unspecified atom stereocenters. The van der Waals surface area contributed by atoms with Crippen molar-refractivity contribution >= 4 is 11.7 Å². The number of rotatable bonds is 5. The Labute approximate surface area is 117 Å². The van der Waals surface area contributed by atoms with Crippen molar-refractivity contribution in [2.24, 2.45) is 5.92 Å². The summed E-state index contributed by atoms with van der Waals surface area (Å²) in [7, 11) is 0. The lowest BCUT2D eigenvalue weighted by molar-refractivity contribution is -0.124. The lowest BCUT2D eigenvalue weighted by atomic mass is 10.1. The minimum Gasteiger partial charge on any atom is -0.378 e. The standard InChI is InChI=1S/C15H17N3O2/c19-14(12-4-2-1-3-5-12)15(20)17-13-8-9-16-18(13)10-11-6-7-11/h1-5,8-9,11,14,19H,6-7,10H2,(H,17,20). The zero-order valence-corrected chi connectivity index (χ0v) is 11.1. The molecule has 1 aliphatic carbocycles. The van der Waals surface area contributed by atoms with Crippen molar-refractivity contribution in [3.63, 3.8) is 0 Å². The number of nitrogens with one attached hydrogen (secondary N) is 1. The van der Waals surface area contributed by atoms with E-state index in [4.69, 9.17) is 0 Å². The molecule has 0 aliphatic heterocycles. The molecule has 1 aliphatic rings. The number of carbonyl (C=O) groups is 1. The zero-order valence-electron chi connectivity index (χ0n) is 11.1. The van der Waals surface area contributed by atoms with E-state index < -0.39 is 12.0 Å². The molecule has 20 heavy (non-hydrogen) atoms. The first-order chi connectivity index (χ1) is 9.74. The van der Waals surface area contributed by atoms with Crippen LogP contribution in [0.15, 0.2) is 42.6 Å². The Morgan fingerprint density at radius 3 is 2.80 bits per heavy atom. The van der Waals surface area contributed by atoms with Crippen molar-refractivity contribution < 1.29 is 9.90 Å². The van der Waals surface area contributed by atoms with Gasteiger partial charge < -0.3 is 10.4 Å². The van der Waals surface area contributed by atoms with Crippen LogP contribution >= 0.6 is 0 Å². The number of anilines is 1. The third kappa shape index (κ3) is 2.88. The third-order valence-corrected chi connectivity index (χ3v) is 3.46. The largest absolute Gasteiger partial charge is 0.378 e. The van der Waals surface area contributed by atoms with Crippen LogP contribution in [-0.4, -0.2) is 20.8 Å². The summed E-state index contributed by atoms with van der Waals surface area (Å²) in [6.45, 7) is 0.823. The van der Waals surface area contributed by atoms with Gasteiger partial charge in [-0.1, -0.05) is 30.3 Å². The Morgan fingerprint density at radius 1 is 1.35 bits per heavy atom. The van der Waals surface area contributed by atoms with E-state index in [1.54, 1.807) is 41.2 Å². The predicted molar refractivity (Wildman–Crippen MR) is 75.0 cm³/mol. The molecule has 1 aromatic carbocycles. The third-order valence-electron chi connectivity index (χ3n) is 3.46. The number of benzene rings is 1. The molecule has 3 rings (SSSR count). The highest BCUT2D eigenvalue weighted by Gasteiger charge is 2.24. The normalized spacial score (nSPS) is 15.8. The average molecular weight is 271 g/mol. The van der Waals surface area contributed by atoms with Gasteiger partial charge in [-0.05, 0) is 24.3 Å². The molecular formula is C15H17N3O2. The lowest BCUT2D eigenvalue weighted by Crippen LogP contribution is -2.22. The molecule has 0 saturated heterocycles. The Hall–Kier alpha value is -2.14. The van der Waals surface area contributed by atoms with E-state index in [0.717, 1.165) is 6.54 Å². The van der Waals surface area contributed by atoms with Crippen LogP contribution in [0.1, 0.15) is 24.5 Å². The van der Waals surface area contributed by atoms with Crippen LogP contribution in [0.2, 0.25) is 0 Å². The SMILES string of the molecule is O=C(Nc1ccnn1CC1CC1)C(O)c1ccccc1. The molecule has 0 bridgehead atoms. The number of aromatic nitrogens is 2. The van der Waals surface area contributed by atoms with E-state index in [-0.39, 0.29) is 0 Å². The quantitative estimate of drug-likeness (QED) is 0.873. The number of aliphatic hydroxyl groups is 1. The van der Waals surface area contributed by atoms with Crippen LogP contribution in [-0.2, 0) is 11.3 Å². The molecule has 2 N–H and O–H groups in total. The maximum atomic E-state index is 12.1. The summed E-state index contributed by atoms with van der Waals surface area (Å²) >= 11 is 0. The Balaban J connectivity index is 1.68. The number of aliphatic hydroxyl groups excluding tert-OH is 1. The maximum absolute atomic E-state index is 12.1. The molecule has 1 fully saturated rings. The topological polar surface area (TPSA) is 67.2 Å². The molecule has 1 saturated carbocycles. The van der Waals surface area contributed by atoms with Gasteiger partial charge in [0.2, 0.25) is 0 Å². The smallest absolute Gasteiger partial charge is 0.258 e. The van der Waals surface area contributed by atoms with Crippen LogP contribution in [0.25, 0.3) is 0 Å². The second-order valence-corrected chi connectivity index (χ2v) is 5.14. The van der Waals surface area contributed by atoms with E-state index in [1.165, 1.54) is 12.8 Å². The fourth-order valence-corrected chi connectivity index (χ4v) is 2.11. The Morgan fingerprint density at radius 2 is 2.10 bits per heavy atom. The van der Waals surface area contributed by atoms with Gasteiger partial charge in [-0.25, -0.2) is 4.68 Å². The van der Waals surface area contributed by atoms with E-state index in [0.29, 0.717) is 17.3 Å². The molecule has 5 heteroatoms. The second-order valence-electron chi connectivity index (χ2n) is 5.14. The fraction of sp³-hybridized carbons (Fsp3) is 0.333. The van der Waals surface area contributed by atoms with E-state index >= 15 is 0 Å². The first-order valence-electron chi connectivity index (χ1n) is 6.80. The summed E-state index contributed by atoms with van der Waals surface area (Å²) in [6, 6.07) is 10.6. The highest BCUT2D eigenvalue weighted by atomic mass is 16.3. The Kier molecular flexibility index (Phi) is 3.52. The predicted octanol–water partition coefficient (Wildman–Crippen LogP) is 1.97. The van der Waals surface area contributed by atoms with Gasteiger partial charge in [-0.2, -0.15) is 5.10 Å². The highest BCUT2D eigenvalue weighted by molar-refractivity contribution is 5.93. The van der Waals surface area contributed by atoms with Gasteiger partial charge in [0.25, 0.3) is 5.91 Å². The van der Waals surface area contributed by atoms with E-state index in [9.17, 15) is 9.90 Å². The van der Waals surface area contributed by atoms with E-state index in [2.05, 4.69) is 10.4 Å². The molecule has 104 valence electrons. The highest BCUT2D eigenvalue weighted by Crippen LogP contribution is 2.31. The van der Waals surface area contributed by atoms with Crippen LogP contribution in [0.5, 0.6) is 0 Å².